The minimum atomic E-state index is 0.597. The largest absolute Gasteiger partial charge is 0.397 e. The number of rotatable bonds is 3. The van der Waals surface area contributed by atoms with Crippen molar-refractivity contribution in [1.82, 2.24) is 9.97 Å². The first-order valence-corrected chi connectivity index (χ1v) is 6.15. The average Bonchev–Trinajstić information content (AvgIpc) is 2.63. The molecule has 0 spiro atoms. The second-order valence-electron chi connectivity index (χ2n) is 2.86. The molecule has 0 bridgehead atoms. The van der Waals surface area contributed by atoms with Gasteiger partial charge in [0.15, 0.2) is 5.13 Å². The predicted octanol–water partition coefficient (Wildman–Crippen LogP) is 1.99. The summed E-state index contributed by atoms with van der Waals surface area (Å²) in [5.41, 5.74) is 13.0. The predicted molar refractivity (Wildman–Crippen MR) is 64.7 cm³/mol. The second-order valence-corrected chi connectivity index (χ2v) is 4.72. The molecule has 0 aliphatic carbocycles. The summed E-state index contributed by atoms with van der Waals surface area (Å²) in [6.07, 6.45) is 1.73. The third-order valence-electron chi connectivity index (χ3n) is 1.73. The van der Waals surface area contributed by atoms with Crippen molar-refractivity contribution < 1.29 is 0 Å². The topological polar surface area (TPSA) is 77.8 Å². The van der Waals surface area contributed by atoms with E-state index in [1.165, 1.54) is 11.3 Å². The van der Waals surface area contributed by atoms with E-state index in [2.05, 4.69) is 9.97 Å². The van der Waals surface area contributed by atoms with Gasteiger partial charge in [0, 0.05) is 17.3 Å². The first kappa shape index (κ1) is 10.3. The average molecular weight is 238 g/mol. The first-order valence-electron chi connectivity index (χ1n) is 4.29. The molecule has 0 saturated carbocycles. The van der Waals surface area contributed by atoms with E-state index < -0.39 is 0 Å². The van der Waals surface area contributed by atoms with Gasteiger partial charge in [0.05, 0.1) is 11.4 Å². The Morgan fingerprint density at radius 2 is 2.27 bits per heavy atom. The van der Waals surface area contributed by atoms with Crippen LogP contribution in [0.1, 0.15) is 5.69 Å². The van der Waals surface area contributed by atoms with Gasteiger partial charge >= 0.3 is 0 Å². The van der Waals surface area contributed by atoms with Gasteiger partial charge in [-0.1, -0.05) is 11.8 Å². The zero-order chi connectivity index (χ0) is 10.7. The molecule has 0 saturated heterocycles. The van der Waals surface area contributed by atoms with Crippen molar-refractivity contribution >= 4 is 33.9 Å². The van der Waals surface area contributed by atoms with Gasteiger partial charge in [0.25, 0.3) is 0 Å². The highest BCUT2D eigenvalue weighted by atomic mass is 32.2. The Kier molecular flexibility index (Phi) is 3.08. The number of thioether (sulfide) groups is 1. The van der Waals surface area contributed by atoms with Crippen LogP contribution in [-0.4, -0.2) is 9.97 Å². The number of nitrogens with two attached hydrogens (primary N) is 2. The van der Waals surface area contributed by atoms with Crippen LogP contribution >= 0.6 is 23.1 Å². The number of nitrogens with zero attached hydrogens (tertiary/aromatic N) is 2. The van der Waals surface area contributed by atoms with Crippen molar-refractivity contribution in [3.05, 3.63) is 29.4 Å². The minimum absolute atomic E-state index is 0.597. The van der Waals surface area contributed by atoms with Crippen LogP contribution in [0.2, 0.25) is 0 Å². The van der Waals surface area contributed by atoms with E-state index in [9.17, 15) is 0 Å². The van der Waals surface area contributed by atoms with Crippen LogP contribution in [0.5, 0.6) is 0 Å². The van der Waals surface area contributed by atoms with Crippen LogP contribution in [0.3, 0.4) is 0 Å². The molecular formula is C9H10N4S2. The SMILES string of the molecule is Nc1nc(CSc2ncccc2N)cs1. The van der Waals surface area contributed by atoms with Gasteiger partial charge in [-0.05, 0) is 12.1 Å². The summed E-state index contributed by atoms with van der Waals surface area (Å²) >= 11 is 3.01. The fourth-order valence-corrected chi connectivity index (χ4v) is 2.53. The monoisotopic (exact) mass is 238 g/mol. The standard InChI is InChI=1S/C9H10N4S2/c10-7-2-1-3-12-8(7)14-4-6-5-15-9(11)13-6/h1-3,5H,4,10H2,(H2,11,13). The van der Waals surface area contributed by atoms with Gasteiger partial charge in [-0.2, -0.15) is 0 Å². The first-order chi connectivity index (χ1) is 7.25. The van der Waals surface area contributed by atoms with Gasteiger partial charge in [0.1, 0.15) is 5.03 Å². The summed E-state index contributed by atoms with van der Waals surface area (Å²) in [5, 5.41) is 3.38. The van der Waals surface area contributed by atoms with Gasteiger partial charge in [0.2, 0.25) is 0 Å². The molecule has 6 heteroatoms. The third-order valence-corrected chi connectivity index (χ3v) is 3.50. The molecule has 4 nitrogen and oxygen atoms in total. The number of thiazole rings is 1. The van der Waals surface area contributed by atoms with E-state index in [-0.39, 0.29) is 0 Å². The molecule has 0 aliphatic rings. The lowest BCUT2D eigenvalue weighted by Gasteiger charge is -2.01. The molecule has 15 heavy (non-hydrogen) atoms. The van der Waals surface area contributed by atoms with Crippen LogP contribution in [0, 0.1) is 0 Å². The second kappa shape index (κ2) is 4.50. The number of pyridine rings is 1. The molecule has 2 rings (SSSR count). The lowest BCUT2D eigenvalue weighted by molar-refractivity contribution is 1.13. The highest BCUT2D eigenvalue weighted by molar-refractivity contribution is 7.98. The van der Waals surface area contributed by atoms with Crippen molar-refractivity contribution in [2.45, 2.75) is 10.8 Å². The summed E-state index contributed by atoms with van der Waals surface area (Å²) in [5.74, 6) is 0.745. The van der Waals surface area contributed by atoms with E-state index in [1.54, 1.807) is 18.0 Å². The Labute approximate surface area is 95.7 Å². The summed E-state index contributed by atoms with van der Waals surface area (Å²) in [7, 11) is 0. The van der Waals surface area contributed by atoms with E-state index in [0.717, 1.165) is 16.5 Å². The fraction of sp³-hybridized carbons (Fsp3) is 0.111. The maximum absolute atomic E-state index is 5.76. The number of nitrogen functional groups attached to an aromatic ring is 2. The molecule has 2 aromatic heterocycles. The van der Waals surface area contributed by atoms with Crippen molar-refractivity contribution in [2.75, 3.05) is 11.5 Å². The Hall–Kier alpha value is -1.27. The van der Waals surface area contributed by atoms with Crippen molar-refractivity contribution in [3.63, 3.8) is 0 Å². The van der Waals surface area contributed by atoms with E-state index in [1.807, 2.05) is 17.5 Å². The molecule has 0 radical (unpaired) electrons. The molecule has 0 aliphatic heterocycles. The number of aromatic nitrogens is 2. The maximum atomic E-state index is 5.76. The molecule has 0 aromatic carbocycles. The maximum Gasteiger partial charge on any atom is 0.180 e. The third kappa shape index (κ3) is 2.60. The highest BCUT2D eigenvalue weighted by Crippen LogP contribution is 2.26. The zero-order valence-corrected chi connectivity index (χ0v) is 9.52. The smallest absolute Gasteiger partial charge is 0.180 e. The van der Waals surface area contributed by atoms with Crippen molar-refractivity contribution in [3.8, 4) is 0 Å². The molecule has 0 fully saturated rings. The van der Waals surface area contributed by atoms with Crippen LogP contribution in [0.4, 0.5) is 10.8 Å². The lowest BCUT2D eigenvalue weighted by Crippen LogP contribution is -1.91. The molecular weight excluding hydrogens is 228 g/mol. The molecule has 4 N–H and O–H groups in total. The van der Waals surface area contributed by atoms with Crippen molar-refractivity contribution in [2.24, 2.45) is 0 Å². The van der Waals surface area contributed by atoms with E-state index >= 15 is 0 Å². The summed E-state index contributed by atoms with van der Waals surface area (Å²) < 4.78 is 0. The molecule has 0 atom stereocenters. The number of hydrogen-bond acceptors (Lipinski definition) is 6. The molecule has 2 aromatic rings. The summed E-state index contributed by atoms with van der Waals surface area (Å²) in [6, 6.07) is 3.66. The fourth-order valence-electron chi connectivity index (χ4n) is 1.06. The van der Waals surface area contributed by atoms with Crippen molar-refractivity contribution in [1.29, 1.82) is 0 Å². The Morgan fingerprint density at radius 3 is 2.93 bits per heavy atom. The van der Waals surface area contributed by atoms with Gasteiger partial charge < -0.3 is 11.5 Å². The number of anilines is 2. The van der Waals surface area contributed by atoms with Crippen LogP contribution in [0.15, 0.2) is 28.7 Å². The Morgan fingerprint density at radius 1 is 1.40 bits per heavy atom. The number of hydrogen-bond donors (Lipinski definition) is 2. The quantitative estimate of drug-likeness (QED) is 0.800. The van der Waals surface area contributed by atoms with Crippen LogP contribution in [0.25, 0.3) is 0 Å². The Balaban J connectivity index is 2.02. The normalized spacial score (nSPS) is 10.4. The summed E-state index contributed by atoms with van der Waals surface area (Å²) in [6.45, 7) is 0. The summed E-state index contributed by atoms with van der Waals surface area (Å²) in [4.78, 5) is 8.34. The molecule has 0 unspecified atom stereocenters. The molecule has 2 heterocycles. The lowest BCUT2D eigenvalue weighted by atomic mass is 10.4. The minimum Gasteiger partial charge on any atom is -0.397 e. The van der Waals surface area contributed by atoms with Crippen LogP contribution < -0.4 is 11.5 Å². The molecule has 78 valence electrons. The van der Waals surface area contributed by atoms with Gasteiger partial charge in [-0.3, -0.25) is 0 Å². The highest BCUT2D eigenvalue weighted by Gasteiger charge is 2.03. The van der Waals surface area contributed by atoms with E-state index in [0.29, 0.717) is 10.8 Å². The molecule has 0 amide bonds. The van der Waals surface area contributed by atoms with Crippen LogP contribution in [-0.2, 0) is 5.75 Å². The van der Waals surface area contributed by atoms with E-state index in [4.69, 9.17) is 11.5 Å². The Bertz CT molecular complexity index is 455. The zero-order valence-electron chi connectivity index (χ0n) is 7.88. The van der Waals surface area contributed by atoms with Gasteiger partial charge in [-0.15, -0.1) is 11.3 Å². The van der Waals surface area contributed by atoms with Gasteiger partial charge in [-0.25, -0.2) is 9.97 Å².